The van der Waals surface area contributed by atoms with E-state index >= 15 is 0 Å². The van der Waals surface area contributed by atoms with Gasteiger partial charge in [-0.05, 0) is 25.1 Å². The molecule has 0 aromatic heterocycles. The third-order valence-electron chi connectivity index (χ3n) is 1.70. The van der Waals surface area contributed by atoms with Crippen LogP contribution in [0.5, 0.6) is 11.5 Å². The van der Waals surface area contributed by atoms with Gasteiger partial charge in [-0.15, -0.1) is 0 Å². The number of aldehydes is 1. The van der Waals surface area contributed by atoms with Crippen molar-refractivity contribution in [2.45, 2.75) is 13.0 Å². The summed E-state index contributed by atoms with van der Waals surface area (Å²) in [6.07, 6.45) is -0.535. The molecule has 1 unspecified atom stereocenters. The van der Waals surface area contributed by atoms with Crippen LogP contribution in [0.1, 0.15) is 17.3 Å². The molecule has 0 fully saturated rings. The van der Waals surface area contributed by atoms with E-state index in [0.717, 1.165) is 0 Å². The molecule has 0 bridgehead atoms. The van der Waals surface area contributed by atoms with Gasteiger partial charge in [0.15, 0.2) is 11.5 Å². The number of aliphatic hydroxyl groups excluding tert-OH is 1. The van der Waals surface area contributed by atoms with E-state index in [2.05, 4.69) is 0 Å². The Balaban J connectivity index is 0.000000366. The van der Waals surface area contributed by atoms with Crippen LogP contribution in [0.25, 0.3) is 0 Å². The first-order valence-corrected chi connectivity index (χ1v) is 4.65. The molecule has 1 aromatic rings. The summed E-state index contributed by atoms with van der Waals surface area (Å²) in [7, 11) is 1.43. The molecule has 0 saturated heterocycles. The number of phenolic OH excluding ortho intramolecular Hbond substituents is 1. The molecule has 0 saturated carbocycles. The maximum absolute atomic E-state index is 10.2. The van der Waals surface area contributed by atoms with Crippen LogP contribution in [0, 0.1) is 0 Å². The number of aliphatic hydroxyl groups is 1. The number of carbonyl (C=O) groups is 2. The van der Waals surface area contributed by atoms with Crippen molar-refractivity contribution in [1.82, 2.24) is 0 Å². The standard InChI is InChI=1S/C8H8O3.C3H6O3/c1-11-8-4-6(5-9)2-3-7(8)10;1-2(4)3(5)6/h2-5,10H,1H3;2,4H,1H3,(H,5,6). The van der Waals surface area contributed by atoms with Gasteiger partial charge in [-0.1, -0.05) is 0 Å². The summed E-state index contributed by atoms with van der Waals surface area (Å²) in [4.78, 5) is 19.7. The zero-order valence-electron chi connectivity index (χ0n) is 9.45. The molecule has 1 aromatic carbocycles. The highest BCUT2D eigenvalue weighted by atomic mass is 16.5. The molecular weight excluding hydrogens is 228 g/mol. The Hall–Kier alpha value is -2.08. The van der Waals surface area contributed by atoms with E-state index in [1.54, 1.807) is 0 Å². The molecule has 0 spiro atoms. The van der Waals surface area contributed by atoms with Crippen LogP contribution in [0.15, 0.2) is 18.2 Å². The van der Waals surface area contributed by atoms with E-state index in [0.29, 0.717) is 17.6 Å². The van der Waals surface area contributed by atoms with Crippen LogP contribution in [0.2, 0.25) is 0 Å². The van der Waals surface area contributed by atoms with E-state index in [-0.39, 0.29) is 5.75 Å². The number of carboxylic acid groups (broad SMARTS) is 1. The Labute approximate surface area is 98.1 Å². The van der Waals surface area contributed by atoms with Crippen LogP contribution in [-0.4, -0.2) is 40.8 Å². The molecule has 6 heteroatoms. The Morgan fingerprint density at radius 2 is 2.00 bits per heavy atom. The van der Waals surface area contributed by atoms with E-state index in [1.807, 2.05) is 0 Å². The largest absolute Gasteiger partial charge is 0.504 e. The van der Waals surface area contributed by atoms with Crippen LogP contribution in [-0.2, 0) is 4.79 Å². The molecule has 94 valence electrons. The third-order valence-corrected chi connectivity index (χ3v) is 1.70. The van der Waals surface area contributed by atoms with Gasteiger partial charge >= 0.3 is 5.97 Å². The smallest absolute Gasteiger partial charge is 0.332 e. The summed E-state index contributed by atoms with van der Waals surface area (Å²) in [6, 6.07) is 4.41. The van der Waals surface area contributed by atoms with Gasteiger partial charge in [0, 0.05) is 5.56 Å². The molecule has 1 rings (SSSR count). The van der Waals surface area contributed by atoms with Gasteiger partial charge in [0.25, 0.3) is 0 Å². The highest BCUT2D eigenvalue weighted by molar-refractivity contribution is 5.76. The number of rotatable bonds is 3. The molecule has 6 nitrogen and oxygen atoms in total. The fourth-order valence-corrected chi connectivity index (χ4v) is 0.768. The Bertz CT molecular complexity index is 386. The number of aromatic hydroxyl groups is 1. The lowest BCUT2D eigenvalue weighted by Gasteiger charge is -2.01. The second-order valence-corrected chi connectivity index (χ2v) is 3.06. The minimum Gasteiger partial charge on any atom is -0.504 e. The van der Waals surface area contributed by atoms with Crippen molar-refractivity contribution in [3.63, 3.8) is 0 Å². The molecule has 17 heavy (non-hydrogen) atoms. The summed E-state index contributed by atoms with van der Waals surface area (Å²) in [6.45, 7) is 1.20. The van der Waals surface area contributed by atoms with Crippen molar-refractivity contribution in [2.24, 2.45) is 0 Å². The molecule has 0 aliphatic rings. The number of carbonyl (C=O) groups excluding carboxylic acids is 1. The van der Waals surface area contributed by atoms with Gasteiger partial charge < -0.3 is 20.1 Å². The van der Waals surface area contributed by atoms with Gasteiger partial charge in [-0.25, -0.2) is 4.79 Å². The maximum atomic E-state index is 10.2. The second kappa shape index (κ2) is 7.24. The van der Waals surface area contributed by atoms with E-state index in [1.165, 1.54) is 32.2 Å². The average molecular weight is 242 g/mol. The van der Waals surface area contributed by atoms with Crippen molar-refractivity contribution < 1.29 is 29.6 Å². The summed E-state index contributed by atoms with van der Waals surface area (Å²) >= 11 is 0. The number of ether oxygens (including phenoxy) is 1. The highest BCUT2D eigenvalue weighted by Crippen LogP contribution is 2.25. The summed E-state index contributed by atoms with van der Waals surface area (Å²) in [5.74, 6) is -0.831. The highest BCUT2D eigenvalue weighted by Gasteiger charge is 2.01. The number of carboxylic acids is 1. The Morgan fingerprint density at radius 3 is 2.35 bits per heavy atom. The summed E-state index contributed by atoms with van der Waals surface area (Å²) in [5.41, 5.74) is 0.486. The zero-order chi connectivity index (χ0) is 13.4. The van der Waals surface area contributed by atoms with E-state index in [9.17, 15) is 9.59 Å². The number of phenols is 1. The first-order valence-electron chi connectivity index (χ1n) is 4.65. The fourth-order valence-electron chi connectivity index (χ4n) is 0.768. The fraction of sp³-hybridized carbons (Fsp3) is 0.273. The minimum atomic E-state index is -1.23. The lowest BCUT2D eigenvalue weighted by molar-refractivity contribution is -0.145. The van der Waals surface area contributed by atoms with Crippen LogP contribution in [0.3, 0.4) is 0 Å². The van der Waals surface area contributed by atoms with Crippen molar-refractivity contribution in [2.75, 3.05) is 7.11 Å². The minimum absolute atomic E-state index is 0.0399. The topological polar surface area (TPSA) is 104 Å². The zero-order valence-corrected chi connectivity index (χ0v) is 9.45. The number of hydrogen-bond donors (Lipinski definition) is 3. The van der Waals surface area contributed by atoms with Crippen LogP contribution < -0.4 is 4.74 Å². The summed E-state index contributed by atoms with van der Waals surface area (Å²) in [5, 5.41) is 24.9. The summed E-state index contributed by atoms with van der Waals surface area (Å²) < 4.78 is 4.78. The van der Waals surface area contributed by atoms with Gasteiger partial charge in [-0.3, -0.25) is 4.79 Å². The first-order chi connectivity index (χ1) is 7.92. The third kappa shape index (κ3) is 5.53. The lowest BCUT2D eigenvalue weighted by atomic mass is 10.2. The van der Waals surface area contributed by atoms with Crippen molar-refractivity contribution in [3.05, 3.63) is 23.8 Å². The molecule has 0 aliphatic carbocycles. The van der Waals surface area contributed by atoms with E-state index < -0.39 is 12.1 Å². The van der Waals surface area contributed by atoms with Crippen LogP contribution in [0.4, 0.5) is 0 Å². The monoisotopic (exact) mass is 242 g/mol. The van der Waals surface area contributed by atoms with E-state index in [4.69, 9.17) is 20.1 Å². The van der Waals surface area contributed by atoms with Gasteiger partial charge in [0.05, 0.1) is 7.11 Å². The quantitative estimate of drug-likeness (QED) is 0.673. The maximum Gasteiger partial charge on any atom is 0.332 e. The lowest BCUT2D eigenvalue weighted by Crippen LogP contribution is -2.13. The second-order valence-electron chi connectivity index (χ2n) is 3.06. The molecule has 0 heterocycles. The van der Waals surface area contributed by atoms with Gasteiger partial charge in [0.1, 0.15) is 12.4 Å². The molecule has 0 amide bonds. The van der Waals surface area contributed by atoms with Crippen molar-refractivity contribution in [1.29, 1.82) is 0 Å². The number of hydrogen-bond acceptors (Lipinski definition) is 5. The molecule has 0 radical (unpaired) electrons. The number of aliphatic carboxylic acids is 1. The number of methoxy groups -OCH3 is 1. The number of benzene rings is 1. The molecule has 1 atom stereocenters. The Kier molecular flexibility index (Phi) is 6.35. The predicted octanol–water partition coefficient (Wildman–Crippen LogP) is 0.665. The molecular formula is C11H14O6. The first kappa shape index (κ1) is 14.9. The van der Waals surface area contributed by atoms with Crippen molar-refractivity contribution >= 4 is 12.3 Å². The van der Waals surface area contributed by atoms with Crippen LogP contribution >= 0.6 is 0 Å². The predicted molar refractivity (Wildman–Crippen MR) is 59.4 cm³/mol. The molecule has 3 N–H and O–H groups in total. The average Bonchev–Trinajstić information content (AvgIpc) is 2.30. The Morgan fingerprint density at radius 1 is 1.47 bits per heavy atom. The van der Waals surface area contributed by atoms with Gasteiger partial charge in [0.2, 0.25) is 0 Å². The van der Waals surface area contributed by atoms with Crippen molar-refractivity contribution in [3.8, 4) is 11.5 Å². The normalized spacial score (nSPS) is 10.8. The SMILES string of the molecule is CC(O)C(=O)O.COc1cc(C=O)ccc1O. The molecule has 0 aliphatic heterocycles. The van der Waals surface area contributed by atoms with Gasteiger partial charge in [-0.2, -0.15) is 0 Å².